The van der Waals surface area contributed by atoms with E-state index in [2.05, 4.69) is 15.8 Å². The Morgan fingerprint density at radius 3 is 2.38 bits per heavy atom. The lowest BCUT2D eigenvalue weighted by molar-refractivity contribution is -0.232. The molecule has 10 nitrogen and oxygen atoms in total. The van der Waals surface area contributed by atoms with Gasteiger partial charge in [0.25, 0.3) is 0 Å². The molecule has 0 bridgehead atoms. The molecular formula is C19H20N4O6. The van der Waals surface area contributed by atoms with Gasteiger partial charge in [-0.3, -0.25) is 0 Å². The number of nitrogen functional groups attached to an aromatic ring is 1. The number of aliphatic hydroxyl groups excluding tert-OH is 3. The molecule has 4 rings (SSSR count). The smallest absolute Gasteiger partial charge is 0.335 e. The number of nitrogens with zero attached hydrogens (tertiary/aromatic N) is 1. The number of benzene rings is 2. The second kappa shape index (κ2) is 7.43. The standard InChI is InChI=1S/C19H20N4O6/c20-10-3-1-8-5-9-2-4-11(7-13(9)21-12(8)6-10)22-23-18-16(26)14(24)15(25)17(29-18)19(27)28/h1-7,14-18,22-26H,20H2,(H,27,28)/t14-,15-,16+,17-,18+/m0/s1. The van der Waals surface area contributed by atoms with Crippen LogP contribution in [-0.4, -0.2) is 62.0 Å². The van der Waals surface area contributed by atoms with Crippen molar-refractivity contribution in [3.63, 3.8) is 0 Å². The van der Waals surface area contributed by atoms with Gasteiger partial charge < -0.3 is 36.3 Å². The number of aromatic nitrogens is 1. The summed E-state index contributed by atoms with van der Waals surface area (Å²) in [5.41, 5.74) is 13.9. The van der Waals surface area contributed by atoms with E-state index in [1.54, 1.807) is 24.3 Å². The van der Waals surface area contributed by atoms with Gasteiger partial charge in [0.1, 0.15) is 18.3 Å². The summed E-state index contributed by atoms with van der Waals surface area (Å²) in [6.45, 7) is 0. The largest absolute Gasteiger partial charge is 0.479 e. The Hall–Kier alpha value is -3.02. The van der Waals surface area contributed by atoms with Crippen molar-refractivity contribution in [2.24, 2.45) is 0 Å². The summed E-state index contributed by atoms with van der Waals surface area (Å²) in [4.78, 5) is 15.8. The second-order valence-corrected chi connectivity index (χ2v) is 6.90. The summed E-state index contributed by atoms with van der Waals surface area (Å²) >= 11 is 0. The van der Waals surface area contributed by atoms with Crippen molar-refractivity contribution in [1.29, 1.82) is 0 Å². The highest BCUT2D eigenvalue weighted by molar-refractivity contribution is 5.94. The van der Waals surface area contributed by atoms with E-state index in [9.17, 15) is 20.1 Å². The summed E-state index contributed by atoms with van der Waals surface area (Å²) in [5, 5.41) is 40.6. The topological polar surface area (TPSA) is 170 Å². The predicted molar refractivity (Wildman–Crippen MR) is 105 cm³/mol. The van der Waals surface area contributed by atoms with E-state index < -0.39 is 36.6 Å². The Morgan fingerprint density at radius 1 is 0.966 bits per heavy atom. The first-order valence-electron chi connectivity index (χ1n) is 8.87. The molecule has 0 unspecified atom stereocenters. The molecule has 0 aliphatic carbocycles. The third kappa shape index (κ3) is 3.67. The summed E-state index contributed by atoms with van der Waals surface area (Å²) < 4.78 is 5.16. The van der Waals surface area contributed by atoms with E-state index in [0.29, 0.717) is 16.9 Å². The number of hydrogen-bond acceptors (Lipinski definition) is 9. The highest BCUT2D eigenvalue weighted by Crippen LogP contribution is 2.24. The van der Waals surface area contributed by atoms with Gasteiger partial charge in [-0.15, -0.1) is 0 Å². The number of nitrogens with one attached hydrogen (secondary N) is 2. The Labute approximate surface area is 164 Å². The normalized spacial score (nSPS) is 27.2. The number of aliphatic hydroxyl groups is 3. The number of anilines is 2. The fourth-order valence-corrected chi connectivity index (χ4v) is 3.27. The van der Waals surface area contributed by atoms with Crippen molar-refractivity contribution < 1.29 is 30.0 Å². The van der Waals surface area contributed by atoms with Gasteiger partial charge in [0.15, 0.2) is 12.3 Å². The lowest BCUT2D eigenvalue weighted by Gasteiger charge is -2.39. The van der Waals surface area contributed by atoms with Gasteiger partial charge in [-0.25, -0.2) is 15.2 Å². The number of carboxylic acids is 1. The summed E-state index contributed by atoms with van der Waals surface area (Å²) in [5.74, 6) is -1.45. The van der Waals surface area contributed by atoms with Crippen LogP contribution in [-0.2, 0) is 9.53 Å². The number of hydrogen-bond donors (Lipinski definition) is 7. The minimum atomic E-state index is -1.74. The Kier molecular flexibility index (Phi) is 4.94. The van der Waals surface area contributed by atoms with Crippen LogP contribution in [0.5, 0.6) is 0 Å². The molecule has 10 heteroatoms. The maximum Gasteiger partial charge on any atom is 0.335 e. The lowest BCUT2D eigenvalue weighted by Crippen LogP contribution is -2.64. The molecule has 1 aliphatic heterocycles. The van der Waals surface area contributed by atoms with Crippen LogP contribution in [0.15, 0.2) is 42.5 Å². The summed E-state index contributed by atoms with van der Waals surface area (Å²) in [6, 6.07) is 12.8. The van der Waals surface area contributed by atoms with Gasteiger partial charge in [-0.1, -0.05) is 12.1 Å². The maximum atomic E-state index is 11.2. The number of pyridine rings is 1. The monoisotopic (exact) mass is 400 g/mol. The Morgan fingerprint density at radius 2 is 1.66 bits per heavy atom. The third-order valence-electron chi connectivity index (χ3n) is 4.85. The van der Waals surface area contributed by atoms with Gasteiger partial charge in [0.2, 0.25) is 0 Å². The van der Waals surface area contributed by atoms with Crippen LogP contribution < -0.4 is 16.6 Å². The van der Waals surface area contributed by atoms with Crippen LogP contribution in [0.3, 0.4) is 0 Å². The molecule has 8 N–H and O–H groups in total. The molecule has 0 radical (unpaired) electrons. The Balaban J connectivity index is 1.54. The molecule has 1 saturated heterocycles. The van der Waals surface area contributed by atoms with Crippen molar-refractivity contribution in [2.45, 2.75) is 30.6 Å². The van der Waals surface area contributed by atoms with Gasteiger partial charge in [0.05, 0.1) is 16.7 Å². The molecule has 29 heavy (non-hydrogen) atoms. The Bertz CT molecular complexity index is 1080. The number of aliphatic carboxylic acids is 1. The fourth-order valence-electron chi connectivity index (χ4n) is 3.27. The average Bonchev–Trinajstić information content (AvgIpc) is 2.69. The quantitative estimate of drug-likeness (QED) is 0.176. The number of nitrogens with two attached hydrogens (primary N) is 1. The molecule has 3 aromatic rings. The third-order valence-corrected chi connectivity index (χ3v) is 4.85. The number of fused-ring (bicyclic) bond motifs is 2. The first kappa shape index (κ1) is 19.3. The van der Waals surface area contributed by atoms with Crippen molar-refractivity contribution in [1.82, 2.24) is 10.4 Å². The molecular weight excluding hydrogens is 380 g/mol. The minimum absolute atomic E-state index is 0.566. The van der Waals surface area contributed by atoms with Crippen LogP contribution in [0.25, 0.3) is 21.8 Å². The van der Waals surface area contributed by atoms with Crippen LogP contribution >= 0.6 is 0 Å². The molecule has 1 aliphatic rings. The SMILES string of the molecule is Nc1ccc2cc3ccc(NN[C@@H]4O[C@H](C(=O)O)[C@@H](O)[C@H](O)[C@H]4O)cc3nc2c1. The van der Waals surface area contributed by atoms with Crippen molar-refractivity contribution >= 4 is 39.1 Å². The van der Waals surface area contributed by atoms with Gasteiger partial charge in [-0.05, 0) is 30.3 Å². The summed E-state index contributed by atoms with van der Waals surface area (Å²) in [6.07, 6.45) is -7.92. The van der Waals surface area contributed by atoms with E-state index in [1.165, 1.54) is 0 Å². The van der Waals surface area contributed by atoms with Crippen molar-refractivity contribution in [3.05, 3.63) is 42.5 Å². The summed E-state index contributed by atoms with van der Waals surface area (Å²) in [7, 11) is 0. The molecule has 152 valence electrons. The van der Waals surface area contributed by atoms with Gasteiger partial charge in [0, 0.05) is 16.5 Å². The second-order valence-electron chi connectivity index (χ2n) is 6.90. The first-order chi connectivity index (χ1) is 13.8. The van der Waals surface area contributed by atoms with E-state index in [0.717, 1.165) is 16.3 Å². The average molecular weight is 400 g/mol. The van der Waals surface area contributed by atoms with E-state index in [-0.39, 0.29) is 0 Å². The van der Waals surface area contributed by atoms with Gasteiger partial charge in [-0.2, -0.15) is 0 Å². The molecule has 1 fully saturated rings. The molecule has 2 aromatic carbocycles. The number of hydrazine groups is 1. The number of carboxylic acid groups (broad SMARTS) is 1. The van der Waals surface area contributed by atoms with Crippen molar-refractivity contribution in [3.8, 4) is 0 Å². The number of rotatable bonds is 4. The zero-order valence-corrected chi connectivity index (χ0v) is 15.1. The van der Waals surface area contributed by atoms with Crippen LogP contribution in [0.1, 0.15) is 0 Å². The molecule has 5 atom stereocenters. The molecule has 0 amide bonds. The zero-order valence-electron chi connectivity index (χ0n) is 15.1. The molecule has 1 aromatic heterocycles. The fraction of sp³-hybridized carbons (Fsp3) is 0.263. The van der Waals surface area contributed by atoms with E-state index >= 15 is 0 Å². The van der Waals surface area contributed by atoms with E-state index in [4.69, 9.17) is 15.6 Å². The zero-order chi connectivity index (χ0) is 20.7. The predicted octanol–water partition coefficient (Wildman–Crippen LogP) is -0.221. The highest BCUT2D eigenvalue weighted by Gasteiger charge is 2.46. The van der Waals surface area contributed by atoms with Crippen molar-refractivity contribution in [2.75, 3.05) is 11.2 Å². The van der Waals surface area contributed by atoms with Crippen LogP contribution in [0, 0.1) is 0 Å². The van der Waals surface area contributed by atoms with Gasteiger partial charge >= 0.3 is 5.97 Å². The number of carbonyl (C=O) groups is 1. The molecule has 0 saturated carbocycles. The molecule has 2 heterocycles. The number of ether oxygens (including phenoxy) is 1. The van der Waals surface area contributed by atoms with Crippen LogP contribution in [0.4, 0.5) is 11.4 Å². The van der Waals surface area contributed by atoms with E-state index in [1.807, 2.05) is 18.2 Å². The minimum Gasteiger partial charge on any atom is -0.479 e. The highest BCUT2D eigenvalue weighted by atomic mass is 16.6. The molecule has 0 spiro atoms. The van der Waals surface area contributed by atoms with Crippen LogP contribution in [0.2, 0.25) is 0 Å². The first-order valence-corrected chi connectivity index (χ1v) is 8.87. The lowest BCUT2D eigenvalue weighted by atomic mass is 9.98. The maximum absolute atomic E-state index is 11.2.